The predicted molar refractivity (Wildman–Crippen MR) is 104 cm³/mol. The van der Waals surface area contributed by atoms with Crippen LogP contribution in [0.5, 0.6) is 0 Å². The minimum atomic E-state index is -0.188. The molecule has 7 heteroatoms. The number of aromatic nitrogens is 2. The van der Waals surface area contributed by atoms with Gasteiger partial charge in [-0.2, -0.15) is 0 Å². The molecule has 1 N–H and O–H groups in total. The van der Waals surface area contributed by atoms with Crippen LogP contribution >= 0.6 is 11.6 Å². The number of carbonyl (C=O) groups is 1. The summed E-state index contributed by atoms with van der Waals surface area (Å²) in [6, 6.07) is 13.3. The van der Waals surface area contributed by atoms with Crippen molar-refractivity contribution in [1.29, 1.82) is 0 Å². The van der Waals surface area contributed by atoms with E-state index in [1.54, 1.807) is 13.1 Å². The Morgan fingerprint density at radius 2 is 2.19 bits per heavy atom. The number of anilines is 1. The molecule has 3 aromatic rings. The summed E-state index contributed by atoms with van der Waals surface area (Å²) in [7, 11) is 0. The second-order valence-electron chi connectivity index (χ2n) is 6.56. The van der Waals surface area contributed by atoms with Crippen molar-refractivity contribution in [1.82, 2.24) is 15.5 Å². The zero-order valence-corrected chi connectivity index (χ0v) is 15.6. The Kier molecular flexibility index (Phi) is 4.81. The van der Waals surface area contributed by atoms with Crippen LogP contribution < -0.4 is 10.2 Å². The number of halogens is 1. The molecule has 0 aliphatic carbocycles. The van der Waals surface area contributed by atoms with Crippen LogP contribution in [0.15, 0.2) is 53.2 Å². The number of pyridine rings is 1. The zero-order chi connectivity index (χ0) is 18.8. The molecule has 0 radical (unpaired) electrons. The van der Waals surface area contributed by atoms with Crippen molar-refractivity contribution in [2.24, 2.45) is 0 Å². The SMILES string of the molecule is Cc1onc(-c2ccccn2)c1C(=O)N[C@H]1CCN(c2cccc(Cl)c2)C1. The summed E-state index contributed by atoms with van der Waals surface area (Å²) in [6.07, 6.45) is 2.53. The molecule has 1 aliphatic rings. The molecule has 0 saturated carbocycles. The van der Waals surface area contributed by atoms with Gasteiger partial charge in [0.05, 0.1) is 5.69 Å². The van der Waals surface area contributed by atoms with Gasteiger partial charge in [-0.25, -0.2) is 0 Å². The average Bonchev–Trinajstić information content (AvgIpc) is 3.29. The van der Waals surface area contributed by atoms with Gasteiger partial charge >= 0.3 is 0 Å². The molecule has 0 spiro atoms. The van der Waals surface area contributed by atoms with Crippen LogP contribution in [-0.4, -0.2) is 35.2 Å². The number of hydrogen-bond donors (Lipinski definition) is 1. The number of carbonyl (C=O) groups excluding carboxylic acids is 1. The topological polar surface area (TPSA) is 71.3 Å². The van der Waals surface area contributed by atoms with Crippen molar-refractivity contribution in [3.63, 3.8) is 0 Å². The van der Waals surface area contributed by atoms with E-state index in [0.29, 0.717) is 27.7 Å². The molecule has 0 bridgehead atoms. The van der Waals surface area contributed by atoms with E-state index in [1.165, 1.54) is 0 Å². The number of aryl methyl sites for hydroxylation is 1. The Balaban J connectivity index is 1.49. The quantitative estimate of drug-likeness (QED) is 0.744. The van der Waals surface area contributed by atoms with Gasteiger partial charge < -0.3 is 14.7 Å². The maximum Gasteiger partial charge on any atom is 0.257 e. The van der Waals surface area contributed by atoms with Gasteiger partial charge in [-0.3, -0.25) is 9.78 Å². The Morgan fingerprint density at radius 1 is 1.30 bits per heavy atom. The fourth-order valence-electron chi connectivity index (χ4n) is 3.36. The number of amides is 1. The van der Waals surface area contributed by atoms with Gasteiger partial charge in [-0.1, -0.05) is 28.9 Å². The van der Waals surface area contributed by atoms with E-state index in [1.807, 2.05) is 42.5 Å². The van der Waals surface area contributed by atoms with Crippen molar-refractivity contribution in [2.45, 2.75) is 19.4 Å². The molecule has 2 aromatic heterocycles. The third-order valence-electron chi connectivity index (χ3n) is 4.69. The second-order valence-corrected chi connectivity index (χ2v) is 7.00. The van der Waals surface area contributed by atoms with Gasteiger partial charge in [-0.05, 0) is 43.7 Å². The first-order chi connectivity index (χ1) is 13.1. The van der Waals surface area contributed by atoms with Crippen LogP contribution in [-0.2, 0) is 0 Å². The molecule has 1 aromatic carbocycles. The molecule has 0 unspecified atom stereocenters. The maximum absolute atomic E-state index is 12.9. The van der Waals surface area contributed by atoms with Crippen molar-refractivity contribution in [3.05, 3.63) is 65.0 Å². The minimum absolute atomic E-state index is 0.0439. The lowest BCUT2D eigenvalue weighted by molar-refractivity contribution is 0.0939. The molecule has 138 valence electrons. The van der Waals surface area contributed by atoms with E-state index in [4.69, 9.17) is 16.1 Å². The monoisotopic (exact) mass is 382 g/mol. The smallest absolute Gasteiger partial charge is 0.257 e. The lowest BCUT2D eigenvalue weighted by Gasteiger charge is -2.19. The van der Waals surface area contributed by atoms with Crippen LogP contribution in [0.2, 0.25) is 5.02 Å². The van der Waals surface area contributed by atoms with Crippen LogP contribution in [0.4, 0.5) is 5.69 Å². The summed E-state index contributed by atoms with van der Waals surface area (Å²) < 4.78 is 5.26. The van der Waals surface area contributed by atoms with Crippen LogP contribution in [0.25, 0.3) is 11.4 Å². The number of benzene rings is 1. The van der Waals surface area contributed by atoms with Gasteiger partial charge in [0.1, 0.15) is 17.0 Å². The molecular formula is C20H19ClN4O2. The van der Waals surface area contributed by atoms with E-state index < -0.39 is 0 Å². The average molecular weight is 383 g/mol. The summed E-state index contributed by atoms with van der Waals surface area (Å²) >= 11 is 6.08. The number of hydrogen-bond acceptors (Lipinski definition) is 5. The summed E-state index contributed by atoms with van der Waals surface area (Å²) in [5.41, 5.74) is 2.59. The third-order valence-corrected chi connectivity index (χ3v) is 4.93. The highest BCUT2D eigenvalue weighted by Crippen LogP contribution is 2.26. The number of rotatable bonds is 4. The van der Waals surface area contributed by atoms with Gasteiger partial charge in [0.2, 0.25) is 0 Å². The highest BCUT2D eigenvalue weighted by Gasteiger charge is 2.28. The highest BCUT2D eigenvalue weighted by molar-refractivity contribution is 6.30. The molecule has 1 fully saturated rings. The van der Waals surface area contributed by atoms with Gasteiger partial charge in [-0.15, -0.1) is 0 Å². The van der Waals surface area contributed by atoms with E-state index >= 15 is 0 Å². The largest absolute Gasteiger partial charge is 0.369 e. The summed E-state index contributed by atoms with van der Waals surface area (Å²) in [5, 5.41) is 7.84. The standard InChI is InChI=1S/C20H19ClN4O2/c1-13-18(19(24-27-13)17-7-2-3-9-22-17)20(26)23-15-8-10-25(12-15)16-6-4-5-14(21)11-16/h2-7,9,11,15H,8,10,12H2,1H3,(H,23,26)/t15-/m0/s1. The molecule has 3 heterocycles. The molecule has 1 atom stereocenters. The second kappa shape index (κ2) is 7.40. The van der Waals surface area contributed by atoms with Gasteiger partial charge in [0.25, 0.3) is 5.91 Å². The van der Waals surface area contributed by atoms with Crippen LogP contribution in [0.3, 0.4) is 0 Å². The molecule has 27 heavy (non-hydrogen) atoms. The Hall–Kier alpha value is -2.86. The van der Waals surface area contributed by atoms with Crippen molar-refractivity contribution < 1.29 is 9.32 Å². The number of nitrogens with zero attached hydrogens (tertiary/aromatic N) is 3. The van der Waals surface area contributed by atoms with Gasteiger partial charge in [0, 0.05) is 36.0 Å². The van der Waals surface area contributed by atoms with Crippen LogP contribution in [0, 0.1) is 6.92 Å². The van der Waals surface area contributed by atoms with E-state index in [0.717, 1.165) is 25.2 Å². The molecule has 4 rings (SSSR count). The molecule has 1 saturated heterocycles. The summed E-state index contributed by atoms with van der Waals surface area (Å²) in [5.74, 6) is 0.296. The van der Waals surface area contributed by atoms with Crippen molar-refractivity contribution in [2.75, 3.05) is 18.0 Å². The zero-order valence-electron chi connectivity index (χ0n) is 14.9. The fourth-order valence-corrected chi connectivity index (χ4v) is 3.54. The first-order valence-corrected chi connectivity index (χ1v) is 9.18. The molecule has 6 nitrogen and oxygen atoms in total. The summed E-state index contributed by atoms with van der Waals surface area (Å²) in [4.78, 5) is 19.4. The lowest BCUT2D eigenvalue weighted by Crippen LogP contribution is -2.37. The lowest BCUT2D eigenvalue weighted by atomic mass is 10.1. The fraction of sp³-hybridized carbons (Fsp3) is 0.250. The Labute approximate surface area is 162 Å². The summed E-state index contributed by atoms with van der Waals surface area (Å²) in [6.45, 7) is 3.33. The maximum atomic E-state index is 12.9. The van der Waals surface area contributed by atoms with E-state index in [9.17, 15) is 4.79 Å². The van der Waals surface area contributed by atoms with Gasteiger partial charge in [0.15, 0.2) is 0 Å². The van der Waals surface area contributed by atoms with Crippen LogP contribution in [0.1, 0.15) is 22.5 Å². The first-order valence-electron chi connectivity index (χ1n) is 8.81. The molecule has 1 aliphatic heterocycles. The van der Waals surface area contributed by atoms with E-state index in [2.05, 4.69) is 20.4 Å². The predicted octanol–water partition coefficient (Wildman–Crippen LogP) is 3.71. The van der Waals surface area contributed by atoms with Crippen molar-refractivity contribution in [3.8, 4) is 11.4 Å². The van der Waals surface area contributed by atoms with Crippen molar-refractivity contribution >= 4 is 23.2 Å². The number of nitrogens with one attached hydrogen (secondary N) is 1. The molecule has 1 amide bonds. The molecular weight excluding hydrogens is 364 g/mol. The Morgan fingerprint density at radius 3 is 2.96 bits per heavy atom. The Bertz CT molecular complexity index is 958. The third kappa shape index (κ3) is 3.66. The van der Waals surface area contributed by atoms with E-state index in [-0.39, 0.29) is 11.9 Å². The normalized spacial score (nSPS) is 16.5. The first kappa shape index (κ1) is 17.5. The highest BCUT2D eigenvalue weighted by atomic mass is 35.5. The minimum Gasteiger partial charge on any atom is -0.369 e.